The first kappa shape index (κ1) is 19.2. The fourth-order valence-electron chi connectivity index (χ4n) is 4.26. The molecule has 0 amide bonds. The molecule has 5 nitrogen and oxygen atoms in total. The Morgan fingerprint density at radius 3 is 2.72 bits per heavy atom. The predicted molar refractivity (Wildman–Crippen MR) is 133 cm³/mol. The molecule has 1 unspecified atom stereocenters. The first-order chi connectivity index (χ1) is 15.8. The van der Waals surface area contributed by atoms with Crippen molar-refractivity contribution >= 4 is 44.5 Å². The Hall–Kier alpha value is -3.51. The van der Waals surface area contributed by atoms with Gasteiger partial charge in [0.25, 0.3) is 0 Å². The van der Waals surface area contributed by atoms with Crippen LogP contribution in [0.4, 0.5) is 5.82 Å². The van der Waals surface area contributed by atoms with Crippen LogP contribution in [-0.4, -0.2) is 21.2 Å². The maximum absolute atomic E-state index is 4.59. The Balaban J connectivity index is 1.31. The van der Waals surface area contributed by atoms with E-state index in [4.69, 9.17) is 0 Å². The minimum absolute atomic E-state index is 0.305. The largest absolute Gasteiger partial charge is 0.358 e. The Labute approximate surface area is 190 Å². The number of thiophene rings is 1. The van der Waals surface area contributed by atoms with Gasteiger partial charge in [-0.05, 0) is 36.5 Å². The number of H-pyrrole nitrogens is 1. The van der Waals surface area contributed by atoms with E-state index in [1.807, 2.05) is 6.21 Å². The van der Waals surface area contributed by atoms with Gasteiger partial charge in [0.05, 0.1) is 11.6 Å². The fourth-order valence-corrected chi connectivity index (χ4v) is 5.34. The zero-order valence-corrected chi connectivity index (χ0v) is 18.6. The SMILES string of the molecule is CC(c1ccccc1)c1cc2c(NN=Cc3c(C4CC4)[nH]c4ccccc34)ncnc2s1. The molecule has 2 aromatic carbocycles. The van der Waals surface area contributed by atoms with Crippen molar-refractivity contribution in [1.82, 2.24) is 15.0 Å². The predicted octanol–water partition coefficient (Wildman–Crippen LogP) is 6.65. The topological polar surface area (TPSA) is 66.0 Å². The first-order valence-electron chi connectivity index (χ1n) is 11.0. The number of para-hydroxylation sites is 1. The molecule has 6 rings (SSSR count). The maximum Gasteiger partial charge on any atom is 0.158 e. The number of nitrogens with one attached hydrogen (secondary N) is 2. The lowest BCUT2D eigenvalue weighted by molar-refractivity contribution is 0.949. The molecule has 1 saturated carbocycles. The lowest BCUT2D eigenvalue weighted by atomic mass is 9.99. The number of hydrogen-bond acceptors (Lipinski definition) is 5. The van der Waals surface area contributed by atoms with E-state index in [0.717, 1.165) is 21.6 Å². The molecule has 1 aliphatic carbocycles. The van der Waals surface area contributed by atoms with Crippen molar-refractivity contribution in [2.75, 3.05) is 5.43 Å². The molecule has 1 atom stereocenters. The third-order valence-electron chi connectivity index (χ3n) is 6.20. The van der Waals surface area contributed by atoms with Crippen LogP contribution in [0, 0.1) is 0 Å². The van der Waals surface area contributed by atoms with Gasteiger partial charge in [0.15, 0.2) is 5.82 Å². The average molecular weight is 438 g/mol. The molecule has 158 valence electrons. The molecular weight excluding hydrogens is 414 g/mol. The molecular formula is C26H23N5S. The van der Waals surface area contributed by atoms with Crippen molar-refractivity contribution in [2.45, 2.75) is 31.6 Å². The molecule has 2 N–H and O–H groups in total. The third kappa shape index (κ3) is 3.46. The summed E-state index contributed by atoms with van der Waals surface area (Å²) < 4.78 is 0. The van der Waals surface area contributed by atoms with Gasteiger partial charge in [-0.15, -0.1) is 11.3 Å². The van der Waals surface area contributed by atoms with E-state index < -0.39 is 0 Å². The van der Waals surface area contributed by atoms with E-state index in [2.05, 4.69) is 93.1 Å². The summed E-state index contributed by atoms with van der Waals surface area (Å²) in [7, 11) is 0. The molecule has 32 heavy (non-hydrogen) atoms. The van der Waals surface area contributed by atoms with E-state index in [9.17, 15) is 0 Å². The molecule has 0 saturated heterocycles. The second-order valence-corrected chi connectivity index (χ2v) is 9.43. The number of hydrazone groups is 1. The van der Waals surface area contributed by atoms with Gasteiger partial charge >= 0.3 is 0 Å². The molecule has 1 aliphatic rings. The first-order valence-corrected chi connectivity index (χ1v) is 11.8. The summed E-state index contributed by atoms with van der Waals surface area (Å²) in [6.07, 6.45) is 6.02. The highest BCUT2D eigenvalue weighted by Gasteiger charge is 2.28. The Bertz CT molecular complexity index is 1430. The van der Waals surface area contributed by atoms with Crippen LogP contribution >= 0.6 is 11.3 Å². The van der Waals surface area contributed by atoms with Crippen LogP contribution in [0.15, 0.2) is 72.1 Å². The average Bonchev–Trinajstić information content (AvgIpc) is 3.48. The van der Waals surface area contributed by atoms with Crippen LogP contribution in [-0.2, 0) is 0 Å². The quantitative estimate of drug-likeness (QED) is 0.231. The van der Waals surface area contributed by atoms with Crippen LogP contribution in [0.3, 0.4) is 0 Å². The molecule has 1 fully saturated rings. The molecule has 3 aromatic heterocycles. The van der Waals surface area contributed by atoms with E-state index in [1.165, 1.54) is 39.9 Å². The van der Waals surface area contributed by atoms with E-state index in [-0.39, 0.29) is 0 Å². The summed E-state index contributed by atoms with van der Waals surface area (Å²) in [5.41, 5.74) is 8.10. The molecule has 6 heteroatoms. The van der Waals surface area contributed by atoms with Gasteiger partial charge in [0, 0.05) is 33.0 Å². The van der Waals surface area contributed by atoms with Crippen molar-refractivity contribution < 1.29 is 0 Å². The number of aromatic nitrogens is 3. The molecule has 0 aliphatic heterocycles. The van der Waals surface area contributed by atoms with Gasteiger partial charge in [0.2, 0.25) is 0 Å². The zero-order chi connectivity index (χ0) is 21.5. The van der Waals surface area contributed by atoms with Crippen LogP contribution < -0.4 is 5.43 Å². The van der Waals surface area contributed by atoms with E-state index in [1.54, 1.807) is 17.7 Å². The number of benzene rings is 2. The van der Waals surface area contributed by atoms with Crippen molar-refractivity contribution in [3.63, 3.8) is 0 Å². The molecule has 3 heterocycles. The van der Waals surface area contributed by atoms with E-state index in [0.29, 0.717) is 11.8 Å². The van der Waals surface area contributed by atoms with Crippen LogP contribution in [0.2, 0.25) is 0 Å². The number of aromatic amines is 1. The molecule has 5 aromatic rings. The maximum atomic E-state index is 4.59. The molecule has 0 radical (unpaired) electrons. The summed E-state index contributed by atoms with van der Waals surface area (Å²) in [5.74, 6) is 1.66. The Kier molecular flexibility index (Phi) is 4.72. The van der Waals surface area contributed by atoms with Gasteiger partial charge in [-0.3, -0.25) is 5.43 Å². The van der Waals surface area contributed by atoms with Crippen LogP contribution in [0.5, 0.6) is 0 Å². The monoisotopic (exact) mass is 437 g/mol. The number of nitrogens with zero attached hydrogens (tertiary/aromatic N) is 3. The number of anilines is 1. The third-order valence-corrected chi connectivity index (χ3v) is 7.43. The Morgan fingerprint density at radius 1 is 1.06 bits per heavy atom. The fraction of sp³-hybridized carbons (Fsp3) is 0.192. The highest BCUT2D eigenvalue weighted by molar-refractivity contribution is 7.18. The summed E-state index contributed by atoms with van der Waals surface area (Å²) in [4.78, 5) is 14.8. The standard InChI is InChI=1S/C26H23N5S/c1-16(17-7-3-2-4-8-17)23-13-20-25(27-15-28-26(20)32-23)31-29-14-21-19-9-5-6-10-22(19)30-24(21)18-11-12-18/h2-10,13-16,18,30H,11-12H2,1H3,(H,27,28,31). The van der Waals surface area contributed by atoms with Gasteiger partial charge in [-0.25, -0.2) is 9.97 Å². The lowest BCUT2D eigenvalue weighted by Gasteiger charge is -2.08. The van der Waals surface area contributed by atoms with E-state index >= 15 is 0 Å². The molecule has 0 spiro atoms. The summed E-state index contributed by atoms with van der Waals surface area (Å²) >= 11 is 1.71. The summed E-state index contributed by atoms with van der Waals surface area (Å²) in [6, 6.07) is 21.2. The van der Waals surface area contributed by atoms with Gasteiger partial charge in [-0.2, -0.15) is 5.10 Å². The smallest absolute Gasteiger partial charge is 0.158 e. The Morgan fingerprint density at radius 2 is 1.88 bits per heavy atom. The number of fused-ring (bicyclic) bond motifs is 2. The van der Waals surface area contributed by atoms with Gasteiger partial charge in [0.1, 0.15) is 11.2 Å². The normalized spacial score (nSPS) is 15.0. The minimum Gasteiger partial charge on any atom is -0.358 e. The van der Waals surface area contributed by atoms with Crippen molar-refractivity contribution in [3.8, 4) is 0 Å². The number of hydrogen-bond donors (Lipinski definition) is 2. The van der Waals surface area contributed by atoms with Gasteiger partial charge in [-0.1, -0.05) is 55.5 Å². The second-order valence-electron chi connectivity index (χ2n) is 8.36. The van der Waals surface area contributed by atoms with Gasteiger partial charge < -0.3 is 4.98 Å². The van der Waals surface area contributed by atoms with Crippen LogP contribution in [0.1, 0.15) is 53.3 Å². The number of rotatable bonds is 6. The highest BCUT2D eigenvalue weighted by atomic mass is 32.1. The molecule has 0 bridgehead atoms. The minimum atomic E-state index is 0.305. The second kappa shape index (κ2) is 7.88. The van der Waals surface area contributed by atoms with Crippen molar-refractivity contribution in [1.29, 1.82) is 0 Å². The highest BCUT2D eigenvalue weighted by Crippen LogP contribution is 2.42. The zero-order valence-electron chi connectivity index (χ0n) is 17.7. The van der Waals surface area contributed by atoms with Crippen LogP contribution in [0.25, 0.3) is 21.1 Å². The summed E-state index contributed by atoms with van der Waals surface area (Å²) in [6.45, 7) is 2.23. The van der Waals surface area contributed by atoms with Crippen molar-refractivity contribution in [3.05, 3.63) is 88.7 Å². The van der Waals surface area contributed by atoms with Crippen molar-refractivity contribution in [2.24, 2.45) is 5.10 Å². The summed E-state index contributed by atoms with van der Waals surface area (Å²) in [5, 5.41) is 6.81. The lowest BCUT2D eigenvalue weighted by Crippen LogP contribution is -1.96.